The minimum absolute atomic E-state index is 0.00313. The average molecular weight is 316 g/mol. The molecule has 0 saturated carbocycles. The summed E-state index contributed by atoms with van der Waals surface area (Å²) in [5.41, 5.74) is -0.375. The number of anilines is 1. The van der Waals surface area contributed by atoms with Crippen LogP contribution in [-0.4, -0.2) is 23.5 Å². The lowest BCUT2D eigenvalue weighted by molar-refractivity contribution is -0.114. The van der Waals surface area contributed by atoms with Gasteiger partial charge < -0.3 is 20.2 Å². The van der Waals surface area contributed by atoms with Crippen LogP contribution in [0.2, 0.25) is 0 Å². The van der Waals surface area contributed by atoms with Crippen LogP contribution < -0.4 is 10.6 Å². The predicted molar refractivity (Wildman–Crippen MR) is 86.1 cm³/mol. The third-order valence-electron chi connectivity index (χ3n) is 3.31. The standard InChI is InChI=1S/C17H20N2O4/c1-11-7-8-15(23-11)17(3,22)10-18-16(21)13-5-4-6-14(9-13)19-12(2)20/h4-9,22H,10H2,1-3H3,(H,18,21)(H,19,20). The first-order valence-corrected chi connectivity index (χ1v) is 7.23. The van der Waals surface area contributed by atoms with Gasteiger partial charge in [0.1, 0.15) is 17.1 Å². The molecule has 1 heterocycles. The van der Waals surface area contributed by atoms with Crippen LogP contribution in [-0.2, 0) is 10.4 Å². The molecule has 0 bridgehead atoms. The molecule has 0 saturated heterocycles. The van der Waals surface area contributed by atoms with Gasteiger partial charge in [-0.3, -0.25) is 9.59 Å². The summed E-state index contributed by atoms with van der Waals surface area (Å²) in [7, 11) is 0. The van der Waals surface area contributed by atoms with Gasteiger partial charge in [-0.15, -0.1) is 0 Å². The lowest BCUT2D eigenvalue weighted by atomic mass is 10.0. The maximum Gasteiger partial charge on any atom is 0.251 e. The number of hydrogen-bond donors (Lipinski definition) is 3. The van der Waals surface area contributed by atoms with E-state index >= 15 is 0 Å². The zero-order chi connectivity index (χ0) is 17.0. The van der Waals surface area contributed by atoms with Crippen molar-refractivity contribution in [2.24, 2.45) is 0 Å². The number of aryl methyl sites for hydroxylation is 1. The molecular weight excluding hydrogens is 296 g/mol. The number of nitrogens with one attached hydrogen (secondary N) is 2. The van der Waals surface area contributed by atoms with Crippen molar-refractivity contribution >= 4 is 17.5 Å². The van der Waals surface area contributed by atoms with E-state index in [2.05, 4.69) is 10.6 Å². The van der Waals surface area contributed by atoms with Crippen molar-refractivity contribution in [2.75, 3.05) is 11.9 Å². The number of hydrogen-bond acceptors (Lipinski definition) is 4. The maximum absolute atomic E-state index is 12.2. The van der Waals surface area contributed by atoms with Crippen molar-refractivity contribution in [3.05, 3.63) is 53.5 Å². The highest BCUT2D eigenvalue weighted by atomic mass is 16.4. The lowest BCUT2D eigenvalue weighted by Gasteiger charge is -2.21. The van der Waals surface area contributed by atoms with Crippen molar-refractivity contribution < 1.29 is 19.1 Å². The van der Waals surface area contributed by atoms with Gasteiger partial charge in [0.2, 0.25) is 5.91 Å². The minimum Gasteiger partial charge on any atom is -0.463 e. The molecule has 1 aromatic carbocycles. The summed E-state index contributed by atoms with van der Waals surface area (Å²) in [4.78, 5) is 23.3. The molecule has 0 aliphatic carbocycles. The molecule has 1 atom stereocenters. The Morgan fingerprint density at radius 3 is 2.61 bits per heavy atom. The molecule has 0 aliphatic heterocycles. The number of carbonyl (C=O) groups excluding carboxylic acids is 2. The van der Waals surface area contributed by atoms with Gasteiger partial charge in [-0.2, -0.15) is 0 Å². The molecule has 6 nitrogen and oxygen atoms in total. The van der Waals surface area contributed by atoms with E-state index in [0.717, 1.165) is 0 Å². The van der Waals surface area contributed by atoms with Gasteiger partial charge in [-0.05, 0) is 44.2 Å². The van der Waals surface area contributed by atoms with Crippen LogP contribution in [0.4, 0.5) is 5.69 Å². The summed E-state index contributed by atoms with van der Waals surface area (Å²) in [5.74, 6) is 0.524. The summed E-state index contributed by atoms with van der Waals surface area (Å²) < 4.78 is 5.40. The van der Waals surface area contributed by atoms with Gasteiger partial charge in [-0.25, -0.2) is 0 Å². The number of amides is 2. The van der Waals surface area contributed by atoms with E-state index in [1.54, 1.807) is 50.2 Å². The third-order valence-corrected chi connectivity index (χ3v) is 3.31. The Bertz CT molecular complexity index is 719. The normalized spacial score (nSPS) is 13.2. The second kappa shape index (κ2) is 6.66. The Morgan fingerprint density at radius 1 is 1.26 bits per heavy atom. The van der Waals surface area contributed by atoms with E-state index in [9.17, 15) is 14.7 Å². The van der Waals surface area contributed by atoms with Gasteiger partial charge >= 0.3 is 0 Å². The van der Waals surface area contributed by atoms with E-state index in [1.165, 1.54) is 6.92 Å². The lowest BCUT2D eigenvalue weighted by Crippen LogP contribution is -2.38. The summed E-state index contributed by atoms with van der Waals surface area (Å²) in [6.07, 6.45) is 0. The number of rotatable bonds is 5. The molecule has 0 fully saturated rings. The zero-order valence-corrected chi connectivity index (χ0v) is 13.3. The summed E-state index contributed by atoms with van der Waals surface area (Å²) in [6, 6.07) is 10.0. The van der Waals surface area contributed by atoms with Gasteiger partial charge in [0.05, 0.1) is 6.54 Å². The fraction of sp³-hybridized carbons (Fsp3) is 0.294. The van der Waals surface area contributed by atoms with E-state index < -0.39 is 5.60 Å². The van der Waals surface area contributed by atoms with Crippen LogP contribution in [0.3, 0.4) is 0 Å². The zero-order valence-electron chi connectivity index (χ0n) is 13.3. The first-order chi connectivity index (χ1) is 10.8. The van der Waals surface area contributed by atoms with Gasteiger partial charge in [0.25, 0.3) is 5.91 Å². The van der Waals surface area contributed by atoms with Crippen LogP contribution in [0, 0.1) is 6.92 Å². The van der Waals surface area contributed by atoms with Crippen molar-refractivity contribution in [2.45, 2.75) is 26.4 Å². The molecule has 1 unspecified atom stereocenters. The molecule has 0 aliphatic rings. The maximum atomic E-state index is 12.2. The molecule has 2 rings (SSSR count). The van der Waals surface area contributed by atoms with Gasteiger partial charge in [0, 0.05) is 18.2 Å². The minimum atomic E-state index is -1.31. The average Bonchev–Trinajstić information content (AvgIpc) is 2.92. The smallest absolute Gasteiger partial charge is 0.251 e. The molecule has 3 N–H and O–H groups in total. The predicted octanol–water partition coefficient (Wildman–Crippen LogP) is 2.18. The highest BCUT2D eigenvalue weighted by Gasteiger charge is 2.27. The van der Waals surface area contributed by atoms with E-state index in [0.29, 0.717) is 22.8 Å². The SMILES string of the molecule is CC(=O)Nc1cccc(C(=O)NCC(C)(O)c2ccc(C)o2)c1. The molecule has 2 aromatic rings. The summed E-state index contributed by atoms with van der Waals surface area (Å²) in [6.45, 7) is 4.75. The molecule has 0 spiro atoms. The molecular formula is C17H20N2O4. The quantitative estimate of drug-likeness (QED) is 0.788. The number of benzene rings is 1. The second-order valence-electron chi connectivity index (χ2n) is 5.63. The van der Waals surface area contributed by atoms with Crippen LogP contribution >= 0.6 is 0 Å². The molecule has 2 amide bonds. The van der Waals surface area contributed by atoms with Gasteiger partial charge in [-0.1, -0.05) is 6.07 Å². The third kappa shape index (κ3) is 4.43. The number of aliphatic hydroxyl groups is 1. The van der Waals surface area contributed by atoms with E-state index in [1.807, 2.05) is 0 Å². The summed E-state index contributed by atoms with van der Waals surface area (Å²) >= 11 is 0. The van der Waals surface area contributed by atoms with Crippen LogP contribution in [0.5, 0.6) is 0 Å². The molecule has 6 heteroatoms. The van der Waals surface area contributed by atoms with E-state index in [-0.39, 0.29) is 18.4 Å². The molecule has 0 radical (unpaired) electrons. The van der Waals surface area contributed by atoms with Gasteiger partial charge in [0.15, 0.2) is 0 Å². The topological polar surface area (TPSA) is 91.6 Å². The Labute approximate surface area is 134 Å². The van der Waals surface area contributed by atoms with Crippen molar-refractivity contribution in [3.63, 3.8) is 0 Å². The Morgan fingerprint density at radius 2 is 2.00 bits per heavy atom. The fourth-order valence-corrected chi connectivity index (χ4v) is 2.11. The highest BCUT2D eigenvalue weighted by Crippen LogP contribution is 2.22. The highest BCUT2D eigenvalue weighted by molar-refractivity contribution is 5.96. The fourth-order valence-electron chi connectivity index (χ4n) is 2.11. The van der Waals surface area contributed by atoms with Crippen molar-refractivity contribution in [1.82, 2.24) is 5.32 Å². The van der Waals surface area contributed by atoms with Crippen molar-refractivity contribution in [3.8, 4) is 0 Å². The second-order valence-corrected chi connectivity index (χ2v) is 5.63. The summed E-state index contributed by atoms with van der Waals surface area (Å²) in [5, 5.41) is 15.7. The first-order valence-electron chi connectivity index (χ1n) is 7.23. The van der Waals surface area contributed by atoms with Crippen LogP contribution in [0.25, 0.3) is 0 Å². The van der Waals surface area contributed by atoms with Crippen LogP contribution in [0.1, 0.15) is 35.7 Å². The number of furan rings is 1. The number of carbonyl (C=O) groups is 2. The molecule has 23 heavy (non-hydrogen) atoms. The van der Waals surface area contributed by atoms with Crippen LogP contribution in [0.15, 0.2) is 40.8 Å². The molecule has 122 valence electrons. The Hall–Kier alpha value is -2.60. The van der Waals surface area contributed by atoms with Crippen molar-refractivity contribution in [1.29, 1.82) is 0 Å². The Kier molecular flexibility index (Phi) is 4.86. The molecule has 1 aromatic heterocycles. The largest absolute Gasteiger partial charge is 0.463 e. The Balaban J connectivity index is 2.03. The first kappa shape index (κ1) is 16.8. The van der Waals surface area contributed by atoms with E-state index in [4.69, 9.17) is 4.42 Å². The monoisotopic (exact) mass is 316 g/mol.